The number of thiocarbonyl (C=S) groups is 1. The Balaban J connectivity index is 1.62. The number of pyridine rings is 1. The van der Waals surface area contributed by atoms with Gasteiger partial charge in [0.1, 0.15) is 6.04 Å². The zero-order valence-electron chi connectivity index (χ0n) is 17.7. The van der Waals surface area contributed by atoms with Crippen molar-refractivity contribution in [3.63, 3.8) is 0 Å². The van der Waals surface area contributed by atoms with E-state index >= 15 is 0 Å². The Morgan fingerprint density at radius 1 is 1.06 bits per heavy atom. The number of nitrogens with one attached hydrogen (secondary N) is 1. The van der Waals surface area contributed by atoms with Crippen molar-refractivity contribution in [3.05, 3.63) is 82.3 Å². The van der Waals surface area contributed by atoms with Crippen LogP contribution in [0.3, 0.4) is 0 Å². The summed E-state index contributed by atoms with van der Waals surface area (Å²) in [5.41, 5.74) is 4.62. The molecule has 31 heavy (non-hydrogen) atoms. The summed E-state index contributed by atoms with van der Waals surface area (Å²) in [6.07, 6.45) is 10.6. The van der Waals surface area contributed by atoms with E-state index in [4.69, 9.17) is 17.2 Å². The van der Waals surface area contributed by atoms with Crippen molar-refractivity contribution in [2.45, 2.75) is 57.2 Å². The summed E-state index contributed by atoms with van der Waals surface area (Å²) in [6.45, 7) is 2.12. The second kappa shape index (κ2) is 8.75. The van der Waals surface area contributed by atoms with Crippen molar-refractivity contribution in [2.75, 3.05) is 4.90 Å². The van der Waals surface area contributed by atoms with E-state index in [2.05, 4.69) is 86.3 Å². The number of aryl methyl sites for hydroxylation is 1. The summed E-state index contributed by atoms with van der Waals surface area (Å²) < 4.78 is 3.62. The molecule has 2 fully saturated rings. The Labute approximate surface area is 197 Å². The predicted molar refractivity (Wildman–Crippen MR) is 133 cm³/mol. The number of aromatic nitrogens is 2. The molecule has 2 aliphatic rings. The predicted octanol–water partition coefficient (Wildman–Crippen LogP) is 6.64. The first kappa shape index (κ1) is 20.7. The molecular formula is C25H27BrN4S. The van der Waals surface area contributed by atoms with E-state index in [0.717, 1.165) is 21.0 Å². The van der Waals surface area contributed by atoms with Crippen molar-refractivity contribution < 1.29 is 0 Å². The highest BCUT2D eigenvalue weighted by atomic mass is 79.9. The molecule has 3 heterocycles. The van der Waals surface area contributed by atoms with Gasteiger partial charge >= 0.3 is 0 Å². The van der Waals surface area contributed by atoms with Gasteiger partial charge in [0.05, 0.1) is 11.7 Å². The lowest BCUT2D eigenvalue weighted by Gasteiger charge is -2.32. The third-order valence-electron chi connectivity index (χ3n) is 6.60. The number of halogens is 1. The maximum atomic E-state index is 5.89. The number of nitrogens with zero attached hydrogens (tertiary/aromatic N) is 3. The van der Waals surface area contributed by atoms with Crippen molar-refractivity contribution in [3.8, 4) is 0 Å². The number of anilines is 1. The molecule has 0 bridgehead atoms. The highest BCUT2D eigenvalue weighted by Crippen LogP contribution is 2.44. The Morgan fingerprint density at radius 3 is 2.65 bits per heavy atom. The maximum absolute atomic E-state index is 5.89. The second-order valence-electron chi connectivity index (χ2n) is 8.56. The fourth-order valence-electron chi connectivity index (χ4n) is 5.06. The molecule has 1 aliphatic heterocycles. The molecule has 1 aliphatic carbocycles. The molecule has 0 amide bonds. The zero-order valence-corrected chi connectivity index (χ0v) is 20.1. The van der Waals surface area contributed by atoms with Gasteiger partial charge in [-0.2, -0.15) is 0 Å². The number of hydrogen-bond donors (Lipinski definition) is 1. The van der Waals surface area contributed by atoms with E-state index in [0.29, 0.717) is 6.04 Å². The second-order valence-corrected chi connectivity index (χ2v) is 9.80. The topological polar surface area (TPSA) is 33.1 Å². The van der Waals surface area contributed by atoms with Gasteiger partial charge in [0.15, 0.2) is 5.11 Å². The summed E-state index contributed by atoms with van der Waals surface area (Å²) in [6, 6.07) is 17.6. The minimum Gasteiger partial charge on any atom is -0.351 e. The van der Waals surface area contributed by atoms with Gasteiger partial charge in [0.2, 0.25) is 0 Å². The average Bonchev–Trinajstić information content (AvgIpc) is 3.41. The van der Waals surface area contributed by atoms with Crippen LogP contribution in [0.25, 0.3) is 0 Å². The largest absolute Gasteiger partial charge is 0.351 e. The first-order chi connectivity index (χ1) is 15.1. The third kappa shape index (κ3) is 3.92. The van der Waals surface area contributed by atoms with Gasteiger partial charge in [-0.25, -0.2) is 0 Å². The monoisotopic (exact) mass is 494 g/mol. The van der Waals surface area contributed by atoms with Crippen LogP contribution in [-0.4, -0.2) is 14.7 Å². The van der Waals surface area contributed by atoms with Crippen molar-refractivity contribution in [2.24, 2.45) is 0 Å². The van der Waals surface area contributed by atoms with E-state index in [-0.39, 0.29) is 12.1 Å². The lowest BCUT2D eigenvalue weighted by molar-refractivity contribution is 0.340. The van der Waals surface area contributed by atoms with Crippen LogP contribution in [0.4, 0.5) is 5.69 Å². The molecule has 2 unspecified atom stereocenters. The molecule has 2 aromatic heterocycles. The molecule has 1 N–H and O–H groups in total. The summed E-state index contributed by atoms with van der Waals surface area (Å²) in [5, 5.41) is 4.34. The van der Waals surface area contributed by atoms with Crippen LogP contribution < -0.4 is 10.2 Å². The fourth-order valence-corrected chi connectivity index (χ4v) is 5.65. The minimum atomic E-state index is -0.00473. The van der Waals surface area contributed by atoms with Crippen LogP contribution in [0.5, 0.6) is 0 Å². The van der Waals surface area contributed by atoms with Gasteiger partial charge in [-0.15, -0.1) is 0 Å². The van der Waals surface area contributed by atoms with E-state index in [1.54, 1.807) is 0 Å². The molecule has 1 aromatic carbocycles. The first-order valence-electron chi connectivity index (χ1n) is 11.1. The van der Waals surface area contributed by atoms with Gasteiger partial charge < -0.3 is 14.8 Å². The van der Waals surface area contributed by atoms with Crippen LogP contribution in [0.2, 0.25) is 0 Å². The summed E-state index contributed by atoms with van der Waals surface area (Å²) >= 11 is 9.53. The number of benzene rings is 1. The minimum absolute atomic E-state index is 0.00473. The Morgan fingerprint density at radius 2 is 1.90 bits per heavy atom. The Kier molecular flexibility index (Phi) is 5.85. The Hall–Kier alpha value is -2.18. The Bertz CT molecular complexity index is 1070. The molecule has 1 saturated carbocycles. The molecule has 5 rings (SSSR count). The SMILES string of the molecule is Cc1cc(N2C(=S)NC(c3ccccn3)C2c2cccn2C2CCCCC2)ccc1Br. The lowest BCUT2D eigenvalue weighted by atomic mass is 9.94. The number of rotatable bonds is 4. The van der Waals surface area contributed by atoms with Gasteiger partial charge in [-0.1, -0.05) is 41.3 Å². The fraction of sp³-hybridized carbons (Fsp3) is 0.360. The summed E-state index contributed by atoms with van der Waals surface area (Å²) in [7, 11) is 0. The molecule has 160 valence electrons. The van der Waals surface area contributed by atoms with E-state index < -0.39 is 0 Å². The lowest BCUT2D eigenvalue weighted by Crippen LogP contribution is -2.31. The molecule has 6 heteroatoms. The van der Waals surface area contributed by atoms with Gasteiger partial charge in [-0.05, 0) is 80.0 Å². The smallest absolute Gasteiger partial charge is 0.174 e. The normalized spacial score (nSPS) is 22.0. The van der Waals surface area contributed by atoms with Crippen LogP contribution in [-0.2, 0) is 0 Å². The van der Waals surface area contributed by atoms with Crippen LogP contribution in [0, 0.1) is 6.92 Å². The van der Waals surface area contributed by atoms with Gasteiger partial charge in [0, 0.05) is 34.3 Å². The summed E-state index contributed by atoms with van der Waals surface area (Å²) in [4.78, 5) is 6.97. The molecule has 2 atom stereocenters. The maximum Gasteiger partial charge on any atom is 0.174 e. The van der Waals surface area contributed by atoms with Crippen molar-refractivity contribution in [1.29, 1.82) is 0 Å². The molecule has 3 aromatic rings. The first-order valence-corrected chi connectivity index (χ1v) is 12.3. The average molecular weight is 495 g/mol. The quantitative estimate of drug-likeness (QED) is 0.412. The van der Waals surface area contributed by atoms with Gasteiger partial charge in [0.25, 0.3) is 0 Å². The summed E-state index contributed by atoms with van der Waals surface area (Å²) in [5.74, 6) is 0. The highest BCUT2D eigenvalue weighted by molar-refractivity contribution is 9.10. The van der Waals surface area contributed by atoms with Crippen molar-refractivity contribution >= 4 is 38.9 Å². The standard InChI is InChI=1S/C25H27BrN4S/c1-17-16-19(12-13-20(17)26)30-24(23(28-25(30)31)21-10-5-6-14-27-21)22-11-7-15-29(22)18-8-3-2-4-9-18/h5-7,10-16,18,23-24H,2-4,8-9H2,1H3,(H,28,31). The van der Waals surface area contributed by atoms with E-state index in [1.165, 1.54) is 43.4 Å². The van der Waals surface area contributed by atoms with E-state index in [1.807, 2.05) is 12.3 Å². The molecule has 0 radical (unpaired) electrons. The molecule has 4 nitrogen and oxygen atoms in total. The van der Waals surface area contributed by atoms with Gasteiger partial charge in [-0.3, -0.25) is 4.98 Å². The molecule has 0 spiro atoms. The highest BCUT2D eigenvalue weighted by Gasteiger charge is 2.42. The zero-order chi connectivity index (χ0) is 21.4. The van der Waals surface area contributed by atoms with Crippen LogP contribution in [0.15, 0.2) is 65.4 Å². The number of hydrogen-bond acceptors (Lipinski definition) is 2. The molecular weight excluding hydrogens is 468 g/mol. The van der Waals surface area contributed by atoms with Crippen molar-refractivity contribution in [1.82, 2.24) is 14.9 Å². The third-order valence-corrected chi connectivity index (χ3v) is 7.81. The van der Waals surface area contributed by atoms with Crippen LogP contribution >= 0.6 is 28.1 Å². The van der Waals surface area contributed by atoms with E-state index in [9.17, 15) is 0 Å². The molecule has 1 saturated heterocycles. The van der Waals surface area contributed by atoms with Crippen LogP contribution in [0.1, 0.15) is 67.2 Å².